The maximum atomic E-state index is 5.40. The molecule has 1 aromatic carbocycles. The van der Waals surface area contributed by atoms with Crippen molar-refractivity contribution >= 4 is 41.3 Å². The van der Waals surface area contributed by atoms with Crippen LogP contribution < -0.4 is 20.1 Å². The third kappa shape index (κ3) is 5.27. The Balaban J connectivity index is 0.00000208. The number of nitrogens with zero attached hydrogens (tertiary/aromatic N) is 1. The monoisotopic (exact) mass is 459 g/mol. The van der Waals surface area contributed by atoms with Crippen LogP contribution in [0.25, 0.3) is 0 Å². The summed E-state index contributed by atoms with van der Waals surface area (Å²) in [6, 6.07) is 10.2. The van der Waals surface area contributed by atoms with E-state index in [1.807, 2.05) is 18.2 Å². The first-order valence-electron chi connectivity index (χ1n) is 7.78. The van der Waals surface area contributed by atoms with Crippen LogP contribution in [0.15, 0.2) is 40.7 Å². The zero-order valence-corrected chi connectivity index (χ0v) is 16.7. The average molecular weight is 459 g/mol. The van der Waals surface area contributed by atoms with Gasteiger partial charge in [-0.3, -0.25) is 0 Å². The molecular weight excluding hydrogens is 437 g/mol. The van der Waals surface area contributed by atoms with Gasteiger partial charge in [0.05, 0.1) is 6.54 Å². The molecule has 0 aliphatic carbocycles. The molecule has 0 fully saturated rings. The lowest BCUT2D eigenvalue weighted by atomic mass is 10.2. The summed E-state index contributed by atoms with van der Waals surface area (Å²) in [4.78, 5) is 6.01. The molecule has 1 aliphatic rings. The molecule has 0 bridgehead atoms. The SMILES string of the molecule is CCNC(=NCc1ccc2c(c1)OCO2)NCCc1cccs1.I. The average Bonchev–Trinajstić information content (AvgIpc) is 3.23. The molecule has 2 heterocycles. The Kier molecular flexibility index (Phi) is 7.64. The minimum atomic E-state index is 0. The van der Waals surface area contributed by atoms with Gasteiger partial charge in [0.2, 0.25) is 6.79 Å². The van der Waals surface area contributed by atoms with E-state index in [0.29, 0.717) is 13.3 Å². The Labute approximate surface area is 163 Å². The summed E-state index contributed by atoms with van der Waals surface area (Å²) in [6.07, 6.45) is 1.01. The highest BCUT2D eigenvalue weighted by Crippen LogP contribution is 2.32. The number of rotatable bonds is 6. The molecule has 5 nitrogen and oxygen atoms in total. The Morgan fingerprint density at radius 3 is 2.88 bits per heavy atom. The van der Waals surface area contributed by atoms with Crippen molar-refractivity contribution in [3.63, 3.8) is 0 Å². The van der Waals surface area contributed by atoms with Crippen LogP contribution in [0.4, 0.5) is 0 Å². The molecule has 0 atom stereocenters. The third-order valence-electron chi connectivity index (χ3n) is 3.44. The van der Waals surface area contributed by atoms with E-state index in [4.69, 9.17) is 9.47 Å². The van der Waals surface area contributed by atoms with Gasteiger partial charge in [0.25, 0.3) is 0 Å². The number of aliphatic imine (C=N–C) groups is 1. The summed E-state index contributed by atoms with van der Waals surface area (Å²) < 4.78 is 10.7. The highest BCUT2D eigenvalue weighted by atomic mass is 127. The molecule has 2 aromatic rings. The smallest absolute Gasteiger partial charge is 0.231 e. The van der Waals surface area contributed by atoms with Crippen molar-refractivity contribution in [1.82, 2.24) is 10.6 Å². The van der Waals surface area contributed by atoms with Gasteiger partial charge >= 0.3 is 0 Å². The van der Waals surface area contributed by atoms with E-state index >= 15 is 0 Å². The lowest BCUT2D eigenvalue weighted by molar-refractivity contribution is 0.174. The molecule has 0 saturated heterocycles. The van der Waals surface area contributed by atoms with E-state index in [-0.39, 0.29) is 24.0 Å². The van der Waals surface area contributed by atoms with E-state index in [9.17, 15) is 0 Å². The van der Waals surface area contributed by atoms with Gasteiger partial charge in [-0.15, -0.1) is 35.3 Å². The van der Waals surface area contributed by atoms with Crippen molar-refractivity contribution in [2.24, 2.45) is 4.99 Å². The van der Waals surface area contributed by atoms with Crippen LogP contribution in [0.2, 0.25) is 0 Å². The number of thiophene rings is 1. The minimum Gasteiger partial charge on any atom is -0.454 e. The van der Waals surface area contributed by atoms with Crippen LogP contribution in [-0.4, -0.2) is 25.8 Å². The van der Waals surface area contributed by atoms with E-state index in [1.165, 1.54) is 4.88 Å². The molecule has 1 aromatic heterocycles. The Morgan fingerprint density at radius 1 is 1.21 bits per heavy atom. The fourth-order valence-corrected chi connectivity index (χ4v) is 3.02. The van der Waals surface area contributed by atoms with Crippen LogP contribution in [0, 0.1) is 0 Å². The Hall–Kier alpha value is -1.48. The van der Waals surface area contributed by atoms with Crippen molar-refractivity contribution < 1.29 is 9.47 Å². The quantitative estimate of drug-likeness (QED) is 0.395. The van der Waals surface area contributed by atoms with Crippen LogP contribution in [0.5, 0.6) is 11.5 Å². The predicted octanol–water partition coefficient (Wildman–Crippen LogP) is 3.39. The van der Waals surface area contributed by atoms with Crippen molar-refractivity contribution in [3.05, 3.63) is 46.2 Å². The number of fused-ring (bicyclic) bond motifs is 1. The van der Waals surface area contributed by atoms with Gasteiger partial charge in [0.15, 0.2) is 17.5 Å². The van der Waals surface area contributed by atoms with Crippen LogP contribution >= 0.6 is 35.3 Å². The molecule has 3 rings (SSSR count). The second-order valence-electron chi connectivity index (χ2n) is 5.14. The largest absolute Gasteiger partial charge is 0.454 e. The van der Waals surface area contributed by atoms with Gasteiger partial charge in [-0.2, -0.15) is 0 Å². The van der Waals surface area contributed by atoms with Crippen molar-refractivity contribution in [2.45, 2.75) is 19.9 Å². The first kappa shape index (κ1) is 18.9. The summed E-state index contributed by atoms with van der Waals surface area (Å²) in [5, 5.41) is 8.75. The summed E-state index contributed by atoms with van der Waals surface area (Å²) >= 11 is 1.78. The normalized spacial score (nSPS) is 12.6. The van der Waals surface area contributed by atoms with Crippen LogP contribution in [0.3, 0.4) is 0 Å². The summed E-state index contributed by atoms with van der Waals surface area (Å²) in [7, 11) is 0. The first-order valence-corrected chi connectivity index (χ1v) is 8.66. The zero-order chi connectivity index (χ0) is 15.9. The first-order chi connectivity index (χ1) is 11.3. The number of ether oxygens (including phenoxy) is 2. The minimum absolute atomic E-state index is 0. The molecule has 0 spiro atoms. The summed E-state index contributed by atoms with van der Waals surface area (Å²) in [5.41, 5.74) is 1.10. The molecule has 0 saturated carbocycles. The Morgan fingerprint density at radius 2 is 2.08 bits per heavy atom. The van der Waals surface area contributed by atoms with Gasteiger partial charge in [-0.1, -0.05) is 12.1 Å². The van der Waals surface area contributed by atoms with Gasteiger partial charge < -0.3 is 20.1 Å². The van der Waals surface area contributed by atoms with Crippen molar-refractivity contribution in [2.75, 3.05) is 19.9 Å². The molecular formula is C17H22IN3O2S. The van der Waals surface area contributed by atoms with E-state index < -0.39 is 0 Å². The van der Waals surface area contributed by atoms with Crippen molar-refractivity contribution in [3.8, 4) is 11.5 Å². The predicted molar refractivity (Wildman–Crippen MR) is 109 cm³/mol. The number of halogens is 1. The number of hydrogen-bond acceptors (Lipinski definition) is 4. The van der Waals surface area contributed by atoms with E-state index in [2.05, 4.69) is 40.1 Å². The number of hydrogen-bond donors (Lipinski definition) is 2. The van der Waals surface area contributed by atoms with E-state index in [1.54, 1.807) is 11.3 Å². The standard InChI is InChI=1S/C17H21N3O2S.HI/c1-2-18-17(19-8-7-14-4-3-9-23-14)20-11-13-5-6-15-16(10-13)22-12-21-15;/h3-6,9-10H,2,7-8,11-12H2,1H3,(H2,18,19,20);1H. The molecule has 24 heavy (non-hydrogen) atoms. The van der Waals surface area contributed by atoms with Gasteiger partial charge in [0, 0.05) is 18.0 Å². The van der Waals surface area contributed by atoms with E-state index in [0.717, 1.165) is 42.5 Å². The molecule has 1 aliphatic heterocycles. The van der Waals surface area contributed by atoms with Crippen LogP contribution in [-0.2, 0) is 13.0 Å². The second kappa shape index (κ2) is 9.73. The number of guanidine groups is 1. The molecule has 130 valence electrons. The fraction of sp³-hybridized carbons (Fsp3) is 0.353. The Bertz CT molecular complexity index is 662. The lowest BCUT2D eigenvalue weighted by Crippen LogP contribution is -2.38. The third-order valence-corrected chi connectivity index (χ3v) is 4.38. The highest BCUT2D eigenvalue weighted by molar-refractivity contribution is 14.0. The number of nitrogens with one attached hydrogen (secondary N) is 2. The zero-order valence-electron chi connectivity index (χ0n) is 13.6. The fourth-order valence-electron chi connectivity index (χ4n) is 2.31. The summed E-state index contributed by atoms with van der Waals surface area (Å²) in [5.74, 6) is 2.44. The lowest BCUT2D eigenvalue weighted by Gasteiger charge is -2.11. The topological polar surface area (TPSA) is 54.9 Å². The molecule has 2 N–H and O–H groups in total. The van der Waals surface area contributed by atoms with Crippen LogP contribution in [0.1, 0.15) is 17.4 Å². The maximum absolute atomic E-state index is 5.40. The molecule has 0 unspecified atom stereocenters. The van der Waals surface area contributed by atoms with Gasteiger partial charge in [0.1, 0.15) is 0 Å². The molecule has 0 amide bonds. The van der Waals surface area contributed by atoms with Gasteiger partial charge in [-0.25, -0.2) is 4.99 Å². The molecule has 7 heteroatoms. The summed E-state index contributed by atoms with van der Waals surface area (Å²) in [6.45, 7) is 4.68. The number of benzene rings is 1. The molecule has 0 radical (unpaired) electrons. The second-order valence-corrected chi connectivity index (χ2v) is 6.17. The highest BCUT2D eigenvalue weighted by Gasteiger charge is 2.12. The van der Waals surface area contributed by atoms with Gasteiger partial charge in [-0.05, 0) is 42.5 Å². The maximum Gasteiger partial charge on any atom is 0.231 e. The van der Waals surface area contributed by atoms with Crippen molar-refractivity contribution in [1.29, 1.82) is 0 Å².